The molecule has 0 radical (unpaired) electrons. The van der Waals surface area contributed by atoms with Crippen molar-refractivity contribution in [2.24, 2.45) is 5.73 Å². The molecule has 0 saturated heterocycles. The number of hydrogen-bond donors (Lipinski definition) is 1. The van der Waals surface area contributed by atoms with Crippen LogP contribution in [0.25, 0.3) is 0 Å². The number of benzene rings is 1. The second-order valence-corrected chi connectivity index (χ2v) is 3.61. The lowest BCUT2D eigenvalue weighted by Crippen LogP contribution is -2.22. The van der Waals surface area contributed by atoms with Gasteiger partial charge >= 0.3 is 0 Å². The number of rotatable bonds is 7. The van der Waals surface area contributed by atoms with Gasteiger partial charge in [-0.15, -0.1) is 6.58 Å². The fourth-order valence-electron chi connectivity index (χ4n) is 1.41. The maximum Gasteiger partial charge on any atom is 0.220 e. The summed E-state index contributed by atoms with van der Waals surface area (Å²) in [7, 11) is 0. The summed E-state index contributed by atoms with van der Waals surface area (Å²) in [4.78, 5) is 10.8. The van der Waals surface area contributed by atoms with Gasteiger partial charge in [0.15, 0.2) is 0 Å². The lowest BCUT2D eigenvalue weighted by molar-refractivity contribution is -0.121. The maximum atomic E-state index is 10.8. The summed E-state index contributed by atoms with van der Waals surface area (Å²) in [6.45, 7) is 4.12. The summed E-state index contributed by atoms with van der Waals surface area (Å²) in [5.41, 5.74) is 6.22. The van der Waals surface area contributed by atoms with Crippen LogP contribution in [-0.2, 0) is 16.1 Å². The molecule has 0 saturated carbocycles. The number of nitrogens with two attached hydrogens (primary N) is 1. The maximum absolute atomic E-state index is 10.8. The van der Waals surface area contributed by atoms with E-state index in [1.54, 1.807) is 6.08 Å². The van der Waals surface area contributed by atoms with E-state index >= 15 is 0 Å². The van der Waals surface area contributed by atoms with Gasteiger partial charge in [-0.25, -0.2) is 0 Å². The Labute approximate surface area is 95.9 Å². The molecule has 3 nitrogen and oxygen atoms in total. The number of amides is 1. The van der Waals surface area contributed by atoms with Crippen molar-refractivity contribution in [3.63, 3.8) is 0 Å². The van der Waals surface area contributed by atoms with Crippen molar-refractivity contribution in [3.8, 4) is 0 Å². The van der Waals surface area contributed by atoms with Gasteiger partial charge in [0.1, 0.15) is 0 Å². The van der Waals surface area contributed by atoms with Crippen molar-refractivity contribution in [1.29, 1.82) is 0 Å². The summed E-state index contributed by atoms with van der Waals surface area (Å²) in [6.07, 6.45) is 2.43. The Hall–Kier alpha value is -1.61. The lowest BCUT2D eigenvalue weighted by Gasteiger charge is -2.14. The molecule has 86 valence electrons. The summed E-state index contributed by atoms with van der Waals surface area (Å²) < 4.78 is 5.61. The minimum absolute atomic E-state index is 0.171. The van der Waals surface area contributed by atoms with E-state index in [-0.39, 0.29) is 18.4 Å². The van der Waals surface area contributed by atoms with Crippen LogP contribution in [0.5, 0.6) is 0 Å². The van der Waals surface area contributed by atoms with E-state index in [1.807, 2.05) is 30.3 Å². The minimum Gasteiger partial charge on any atom is -0.373 e. The quantitative estimate of drug-likeness (QED) is 0.713. The molecule has 0 aliphatic heterocycles. The Kier molecular flexibility index (Phi) is 5.29. The molecule has 1 atom stereocenters. The molecular weight excluding hydrogens is 202 g/mol. The normalized spacial score (nSPS) is 12.0. The molecule has 1 rings (SSSR count). The number of primary amides is 1. The molecule has 0 spiro atoms. The third kappa shape index (κ3) is 4.75. The highest BCUT2D eigenvalue weighted by Crippen LogP contribution is 2.09. The van der Waals surface area contributed by atoms with Crippen LogP contribution in [0.3, 0.4) is 0 Å². The molecule has 2 N–H and O–H groups in total. The van der Waals surface area contributed by atoms with Gasteiger partial charge in [0.2, 0.25) is 5.91 Å². The molecule has 1 aromatic carbocycles. The third-order valence-corrected chi connectivity index (χ3v) is 2.19. The molecule has 0 bridgehead atoms. The largest absolute Gasteiger partial charge is 0.373 e. The molecule has 1 amide bonds. The van der Waals surface area contributed by atoms with Gasteiger partial charge in [-0.1, -0.05) is 36.4 Å². The first-order valence-electron chi connectivity index (χ1n) is 5.27. The highest BCUT2D eigenvalue weighted by atomic mass is 16.5. The van der Waals surface area contributed by atoms with Gasteiger partial charge < -0.3 is 10.5 Å². The summed E-state index contributed by atoms with van der Waals surface area (Å²) >= 11 is 0. The molecule has 0 heterocycles. The first-order valence-corrected chi connectivity index (χ1v) is 5.27. The van der Waals surface area contributed by atoms with E-state index in [1.165, 1.54) is 0 Å². The van der Waals surface area contributed by atoms with Crippen LogP contribution in [-0.4, -0.2) is 12.0 Å². The number of ether oxygens (including phenoxy) is 1. The molecule has 16 heavy (non-hydrogen) atoms. The Morgan fingerprint density at radius 2 is 2.12 bits per heavy atom. The average molecular weight is 219 g/mol. The van der Waals surface area contributed by atoms with Gasteiger partial charge in [-0.2, -0.15) is 0 Å². The molecule has 0 aliphatic rings. The van der Waals surface area contributed by atoms with E-state index in [2.05, 4.69) is 6.58 Å². The zero-order valence-electron chi connectivity index (χ0n) is 9.26. The summed E-state index contributed by atoms with van der Waals surface area (Å²) in [5, 5.41) is 0. The van der Waals surface area contributed by atoms with Crippen LogP contribution in [0.2, 0.25) is 0 Å². The average Bonchev–Trinajstić information content (AvgIpc) is 2.27. The van der Waals surface area contributed by atoms with Crippen molar-refractivity contribution in [1.82, 2.24) is 0 Å². The van der Waals surface area contributed by atoms with Crippen molar-refractivity contribution in [3.05, 3.63) is 48.6 Å². The zero-order valence-corrected chi connectivity index (χ0v) is 9.26. The third-order valence-electron chi connectivity index (χ3n) is 2.19. The second-order valence-electron chi connectivity index (χ2n) is 3.61. The Bertz CT molecular complexity index is 335. The van der Waals surface area contributed by atoms with E-state index in [0.29, 0.717) is 13.0 Å². The first-order chi connectivity index (χ1) is 7.72. The van der Waals surface area contributed by atoms with Crippen molar-refractivity contribution in [2.45, 2.75) is 25.6 Å². The second kappa shape index (κ2) is 6.80. The smallest absolute Gasteiger partial charge is 0.220 e. The molecule has 3 heteroatoms. The van der Waals surface area contributed by atoms with E-state index in [9.17, 15) is 4.79 Å². The van der Waals surface area contributed by atoms with Crippen molar-refractivity contribution < 1.29 is 9.53 Å². The molecule has 0 aliphatic carbocycles. The topological polar surface area (TPSA) is 52.3 Å². The number of hydrogen-bond acceptors (Lipinski definition) is 2. The first kappa shape index (κ1) is 12.5. The summed E-state index contributed by atoms with van der Waals surface area (Å²) in [6, 6.07) is 9.82. The fraction of sp³-hybridized carbons (Fsp3) is 0.308. The number of carbonyl (C=O) groups is 1. The predicted molar refractivity (Wildman–Crippen MR) is 63.6 cm³/mol. The monoisotopic (exact) mass is 219 g/mol. The number of carbonyl (C=O) groups excluding carboxylic acids is 1. The Morgan fingerprint density at radius 1 is 1.44 bits per heavy atom. The van der Waals surface area contributed by atoms with Gasteiger partial charge in [0.05, 0.1) is 19.1 Å². The molecule has 0 fully saturated rings. The minimum atomic E-state index is -0.347. The van der Waals surface area contributed by atoms with Crippen LogP contribution >= 0.6 is 0 Å². The highest BCUT2D eigenvalue weighted by Gasteiger charge is 2.10. The lowest BCUT2D eigenvalue weighted by atomic mass is 10.1. The van der Waals surface area contributed by atoms with Crippen LogP contribution in [0.4, 0.5) is 0 Å². The van der Waals surface area contributed by atoms with Crippen molar-refractivity contribution >= 4 is 5.91 Å². The van der Waals surface area contributed by atoms with Crippen LogP contribution in [0.15, 0.2) is 43.0 Å². The SMILES string of the molecule is C=CC[C@H](CC(N)=O)OCc1ccccc1. The van der Waals surface area contributed by atoms with Gasteiger partial charge in [-0.3, -0.25) is 4.79 Å². The van der Waals surface area contributed by atoms with Crippen LogP contribution in [0, 0.1) is 0 Å². The van der Waals surface area contributed by atoms with E-state index in [0.717, 1.165) is 5.56 Å². The van der Waals surface area contributed by atoms with E-state index in [4.69, 9.17) is 10.5 Å². The zero-order chi connectivity index (χ0) is 11.8. The Balaban J connectivity index is 2.43. The highest BCUT2D eigenvalue weighted by molar-refractivity contribution is 5.74. The van der Waals surface area contributed by atoms with Crippen LogP contribution in [0.1, 0.15) is 18.4 Å². The van der Waals surface area contributed by atoms with Gasteiger partial charge in [0, 0.05) is 0 Å². The molecular formula is C13H17NO2. The molecule has 1 aromatic rings. The van der Waals surface area contributed by atoms with E-state index < -0.39 is 0 Å². The molecule has 0 unspecified atom stereocenters. The van der Waals surface area contributed by atoms with Gasteiger partial charge in [-0.05, 0) is 12.0 Å². The Morgan fingerprint density at radius 3 is 2.69 bits per heavy atom. The predicted octanol–water partition coefficient (Wildman–Crippen LogP) is 2.02. The van der Waals surface area contributed by atoms with Crippen LogP contribution < -0.4 is 5.73 Å². The standard InChI is InChI=1S/C13H17NO2/c1-2-6-12(9-13(14)15)16-10-11-7-4-3-5-8-11/h2-5,7-8,12H,1,6,9-10H2,(H2,14,15)/t12-/m1/s1. The fourth-order valence-corrected chi connectivity index (χ4v) is 1.41. The van der Waals surface area contributed by atoms with Gasteiger partial charge in [0.25, 0.3) is 0 Å². The summed E-state index contributed by atoms with van der Waals surface area (Å²) in [5.74, 6) is -0.347. The van der Waals surface area contributed by atoms with Crippen molar-refractivity contribution in [2.75, 3.05) is 0 Å². The molecule has 0 aromatic heterocycles.